The first-order valence-corrected chi connectivity index (χ1v) is 13.7. The monoisotopic (exact) mass is 571 g/mol. The second-order valence-corrected chi connectivity index (χ2v) is 10.2. The van der Waals surface area contributed by atoms with E-state index in [1.54, 1.807) is 18.3 Å². The highest BCUT2D eigenvalue weighted by Crippen LogP contribution is 2.33. The summed E-state index contributed by atoms with van der Waals surface area (Å²) >= 11 is 0. The SMILES string of the molecule is O=C(O)c1ccnc(-c2cc(C(=O)O)cc(-c3cc(C#Cc4cc5c6ccccc6ccc5c5ccccc45)ccn3)n2)c1. The normalized spacial score (nSPS) is 10.9. The molecule has 208 valence electrons. The smallest absolute Gasteiger partial charge is 0.335 e. The van der Waals surface area contributed by atoms with E-state index < -0.39 is 11.9 Å². The van der Waals surface area contributed by atoms with Gasteiger partial charge in [0.25, 0.3) is 0 Å². The van der Waals surface area contributed by atoms with Crippen LogP contribution in [0.15, 0.2) is 116 Å². The highest BCUT2D eigenvalue weighted by molar-refractivity contribution is 6.18. The Hall–Kier alpha value is -6.39. The fraction of sp³-hybridized carbons (Fsp3) is 0. The van der Waals surface area contributed by atoms with Gasteiger partial charge in [0.1, 0.15) is 0 Å². The largest absolute Gasteiger partial charge is 0.478 e. The number of carbonyl (C=O) groups is 2. The maximum absolute atomic E-state index is 12.0. The first kappa shape index (κ1) is 26.5. The molecular weight excluding hydrogens is 550 g/mol. The summed E-state index contributed by atoms with van der Waals surface area (Å²) in [5.74, 6) is 4.35. The number of carboxylic acids is 2. The van der Waals surface area contributed by atoms with Crippen LogP contribution in [0.3, 0.4) is 0 Å². The van der Waals surface area contributed by atoms with E-state index in [0.717, 1.165) is 32.5 Å². The van der Waals surface area contributed by atoms with Crippen LogP contribution in [0.25, 0.3) is 55.1 Å². The zero-order valence-corrected chi connectivity index (χ0v) is 23.0. The number of benzene rings is 4. The average Bonchev–Trinajstić information content (AvgIpc) is 3.07. The minimum absolute atomic E-state index is 0.0173. The van der Waals surface area contributed by atoms with Gasteiger partial charge in [-0.3, -0.25) is 9.97 Å². The number of nitrogens with zero attached hydrogens (tertiary/aromatic N) is 3. The fourth-order valence-corrected chi connectivity index (χ4v) is 5.37. The van der Waals surface area contributed by atoms with Gasteiger partial charge in [-0.05, 0) is 74.8 Å². The van der Waals surface area contributed by atoms with Crippen molar-refractivity contribution in [1.82, 2.24) is 15.0 Å². The molecule has 7 rings (SSSR count). The minimum atomic E-state index is -1.16. The molecule has 0 bridgehead atoms. The van der Waals surface area contributed by atoms with E-state index in [1.807, 2.05) is 24.3 Å². The maximum atomic E-state index is 12.0. The van der Waals surface area contributed by atoms with Crippen molar-refractivity contribution in [2.75, 3.05) is 0 Å². The first-order chi connectivity index (χ1) is 21.4. The van der Waals surface area contributed by atoms with Crippen LogP contribution in [0.2, 0.25) is 0 Å². The standard InChI is InChI=1S/C37H21N3O4/c41-36(42)25-14-16-39-33(19-25)35-21-26(37(43)44)20-34(40-35)32-17-22(13-15-38-32)9-10-24-18-31-27-6-2-1-5-23(27)11-12-30(31)29-8-4-3-7-28(24)29/h1-8,11-21H,(H,41,42)(H,43,44). The van der Waals surface area contributed by atoms with E-state index >= 15 is 0 Å². The Morgan fingerprint density at radius 3 is 1.89 bits per heavy atom. The van der Waals surface area contributed by atoms with Crippen molar-refractivity contribution in [2.24, 2.45) is 0 Å². The molecule has 7 heteroatoms. The van der Waals surface area contributed by atoms with Gasteiger partial charge in [0, 0.05) is 23.5 Å². The Morgan fingerprint density at radius 2 is 1.14 bits per heavy atom. The van der Waals surface area contributed by atoms with Crippen molar-refractivity contribution >= 4 is 44.3 Å². The van der Waals surface area contributed by atoms with Gasteiger partial charge in [0.2, 0.25) is 0 Å². The number of fused-ring (bicyclic) bond motifs is 5. The Morgan fingerprint density at radius 1 is 0.523 bits per heavy atom. The third kappa shape index (κ3) is 4.87. The molecule has 2 N–H and O–H groups in total. The number of pyridine rings is 3. The van der Waals surface area contributed by atoms with Crippen LogP contribution in [0, 0.1) is 11.8 Å². The number of rotatable bonds is 4. The fourth-order valence-electron chi connectivity index (χ4n) is 5.37. The van der Waals surface area contributed by atoms with Gasteiger partial charge in [0.15, 0.2) is 0 Å². The van der Waals surface area contributed by atoms with Crippen molar-refractivity contribution in [3.05, 3.63) is 138 Å². The van der Waals surface area contributed by atoms with E-state index in [4.69, 9.17) is 0 Å². The van der Waals surface area contributed by atoms with Crippen LogP contribution in [-0.4, -0.2) is 37.1 Å². The van der Waals surface area contributed by atoms with Crippen molar-refractivity contribution in [3.63, 3.8) is 0 Å². The number of carboxylic acid groups (broad SMARTS) is 2. The van der Waals surface area contributed by atoms with Crippen LogP contribution in [0.4, 0.5) is 0 Å². The van der Waals surface area contributed by atoms with Crippen LogP contribution in [-0.2, 0) is 0 Å². The summed E-state index contributed by atoms with van der Waals surface area (Å²) in [4.78, 5) is 36.7. The predicted molar refractivity (Wildman–Crippen MR) is 170 cm³/mol. The summed E-state index contributed by atoms with van der Waals surface area (Å²) < 4.78 is 0. The van der Waals surface area contributed by atoms with Gasteiger partial charge in [-0.25, -0.2) is 14.6 Å². The van der Waals surface area contributed by atoms with Crippen LogP contribution >= 0.6 is 0 Å². The van der Waals surface area contributed by atoms with E-state index in [2.05, 4.69) is 69.3 Å². The molecule has 0 saturated carbocycles. The topological polar surface area (TPSA) is 113 Å². The lowest BCUT2D eigenvalue weighted by Gasteiger charge is -2.09. The quantitative estimate of drug-likeness (QED) is 0.166. The molecule has 3 heterocycles. The van der Waals surface area contributed by atoms with Gasteiger partial charge < -0.3 is 10.2 Å². The van der Waals surface area contributed by atoms with E-state index in [-0.39, 0.29) is 22.5 Å². The highest BCUT2D eigenvalue weighted by atomic mass is 16.4. The molecule has 4 aromatic carbocycles. The third-order valence-corrected chi connectivity index (χ3v) is 7.47. The summed E-state index contributed by atoms with van der Waals surface area (Å²) in [6.45, 7) is 0. The van der Waals surface area contributed by atoms with Gasteiger partial charge in [-0.2, -0.15) is 0 Å². The molecule has 0 aliphatic heterocycles. The third-order valence-electron chi connectivity index (χ3n) is 7.47. The molecule has 0 spiro atoms. The van der Waals surface area contributed by atoms with Crippen molar-refractivity contribution in [2.45, 2.75) is 0 Å². The summed E-state index contributed by atoms with van der Waals surface area (Å²) in [5, 5.41) is 26.0. The number of hydrogen-bond donors (Lipinski definition) is 2. The molecule has 44 heavy (non-hydrogen) atoms. The van der Waals surface area contributed by atoms with E-state index in [9.17, 15) is 19.8 Å². The van der Waals surface area contributed by atoms with Crippen LogP contribution in [0.5, 0.6) is 0 Å². The number of aromatic nitrogens is 3. The van der Waals surface area contributed by atoms with Crippen molar-refractivity contribution in [3.8, 4) is 34.6 Å². The molecule has 0 aliphatic carbocycles. The molecule has 7 nitrogen and oxygen atoms in total. The van der Waals surface area contributed by atoms with Gasteiger partial charge in [-0.15, -0.1) is 0 Å². The second-order valence-electron chi connectivity index (χ2n) is 10.2. The molecule has 3 aromatic heterocycles. The van der Waals surface area contributed by atoms with Crippen molar-refractivity contribution in [1.29, 1.82) is 0 Å². The highest BCUT2D eigenvalue weighted by Gasteiger charge is 2.15. The van der Waals surface area contributed by atoms with Gasteiger partial charge in [0.05, 0.1) is 33.9 Å². The zero-order valence-electron chi connectivity index (χ0n) is 23.0. The van der Waals surface area contributed by atoms with E-state index in [1.165, 1.54) is 35.8 Å². The lowest BCUT2D eigenvalue weighted by Crippen LogP contribution is -2.02. The molecule has 0 saturated heterocycles. The second kappa shape index (κ2) is 10.8. The van der Waals surface area contributed by atoms with Gasteiger partial charge >= 0.3 is 11.9 Å². The molecular formula is C37H21N3O4. The molecule has 0 fully saturated rings. The molecule has 0 unspecified atom stereocenters. The maximum Gasteiger partial charge on any atom is 0.335 e. The van der Waals surface area contributed by atoms with Crippen LogP contribution < -0.4 is 0 Å². The average molecular weight is 572 g/mol. The lowest BCUT2D eigenvalue weighted by molar-refractivity contribution is 0.0686. The number of aromatic carboxylic acids is 2. The summed E-state index contributed by atoms with van der Waals surface area (Å²) in [5.41, 5.74) is 2.73. The van der Waals surface area contributed by atoms with Crippen LogP contribution in [0.1, 0.15) is 31.8 Å². The van der Waals surface area contributed by atoms with Crippen molar-refractivity contribution < 1.29 is 19.8 Å². The molecule has 0 aliphatic rings. The molecule has 7 aromatic rings. The Balaban J connectivity index is 1.33. The Kier molecular flexibility index (Phi) is 6.50. The zero-order chi connectivity index (χ0) is 30.2. The lowest BCUT2D eigenvalue weighted by atomic mass is 9.94. The van der Waals surface area contributed by atoms with Gasteiger partial charge in [-0.1, -0.05) is 72.5 Å². The summed E-state index contributed by atoms with van der Waals surface area (Å²) in [7, 11) is 0. The number of hydrogen-bond acceptors (Lipinski definition) is 5. The summed E-state index contributed by atoms with van der Waals surface area (Å²) in [6.07, 6.45) is 2.95. The molecule has 0 radical (unpaired) electrons. The Labute approximate surface area is 251 Å². The predicted octanol–water partition coefficient (Wildman–Crippen LogP) is 7.46. The molecule has 0 amide bonds. The molecule has 0 atom stereocenters. The minimum Gasteiger partial charge on any atom is -0.478 e. The Bertz CT molecular complexity index is 2370. The first-order valence-electron chi connectivity index (χ1n) is 13.7. The van der Waals surface area contributed by atoms with E-state index in [0.29, 0.717) is 17.0 Å². The summed E-state index contributed by atoms with van der Waals surface area (Å²) in [6, 6.07) is 32.0.